The van der Waals surface area contributed by atoms with E-state index in [1.54, 1.807) is 0 Å². The van der Waals surface area contributed by atoms with Crippen LogP contribution in [0.15, 0.2) is 444 Å². The number of hydrogen-bond donors (Lipinski definition) is 0. The van der Waals surface area contributed by atoms with Crippen molar-refractivity contribution < 1.29 is 0 Å². The van der Waals surface area contributed by atoms with Gasteiger partial charge in [-0.1, -0.05) is 406 Å². The number of benzene rings is 21. The van der Waals surface area contributed by atoms with Gasteiger partial charge >= 0.3 is 0 Å². The van der Waals surface area contributed by atoms with Crippen molar-refractivity contribution in [2.24, 2.45) is 0 Å². The van der Waals surface area contributed by atoms with Crippen molar-refractivity contribution >= 4 is 132 Å². The van der Waals surface area contributed by atoms with Crippen molar-refractivity contribution in [3.63, 3.8) is 0 Å². The zero-order chi connectivity index (χ0) is 79.9. The Hall–Kier alpha value is -14.8. The average Bonchev–Trinajstić information content (AvgIpc) is 1.50. The molecule has 0 fully saturated rings. The smallest absolute Gasteiger partial charge is 0.0788 e. The first-order chi connectivity index (χ1) is 60.5. The Labute approximate surface area is 713 Å². The summed E-state index contributed by atoms with van der Waals surface area (Å²) in [7, 11) is 0. The zero-order valence-corrected chi connectivity index (χ0v) is 67.8. The second kappa shape index (κ2) is 26.9. The summed E-state index contributed by atoms with van der Waals surface area (Å²) >= 11 is 3.83. The lowest BCUT2D eigenvalue weighted by Gasteiger charge is -2.40. The van der Waals surface area contributed by atoms with Crippen LogP contribution in [0, 0.1) is 0 Å². The predicted molar refractivity (Wildman–Crippen MR) is 514 cm³/mol. The molecule has 4 aliphatic rings. The quantitative estimate of drug-likeness (QED) is 0.160. The van der Waals surface area contributed by atoms with Crippen LogP contribution in [0.5, 0.6) is 0 Å². The molecule has 27 rings (SSSR count). The van der Waals surface area contributed by atoms with Gasteiger partial charge in [0.25, 0.3) is 0 Å². The molecule has 0 N–H and O–H groups in total. The summed E-state index contributed by atoms with van der Waals surface area (Å²) in [5, 5.41) is 22.7. The van der Waals surface area contributed by atoms with Gasteiger partial charge in [0, 0.05) is 63.0 Å². The SMILES string of the molecule is c1cc(-c2ccc3c4ccccc4c4ccccc4c3c2)cc(-c2nc3ccccc3c3c4c(ccc23)C2(c3ccccc3S4)c3ccccc3-c3ccccc32)c1.c1ccc(-c2nc3cc(-c4ccc(-c5ccc6c7ccccc7c7ccccc7c6c5)cc4)ccc3c3c4c(ccc23)C2(c3ccccc3S4)c3ccccc3-c3ccccc32)cc1. The highest BCUT2D eigenvalue weighted by Crippen LogP contribution is 2.66. The zero-order valence-electron chi connectivity index (χ0n) is 66.1. The Kier molecular flexibility index (Phi) is 15.2. The van der Waals surface area contributed by atoms with Crippen LogP contribution < -0.4 is 0 Å². The van der Waals surface area contributed by atoms with Crippen LogP contribution in [-0.4, -0.2) is 9.97 Å². The van der Waals surface area contributed by atoms with Gasteiger partial charge < -0.3 is 0 Å². The van der Waals surface area contributed by atoms with Crippen molar-refractivity contribution in [3.8, 4) is 78.1 Å². The molecule has 122 heavy (non-hydrogen) atoms. The van der Waals surface area contributed by atoms with Crippen molar-refractivity contribution in [1.29, 1.82) is 0 Å². The molecular formula is C118H70N2S2. The normalized spacial score (nSPS) is 13.5. The molecular weight excluding hydrogens is 1510 g/mol. The molecule has 564 valence electrons. The molecule has 4 heterocycles. The van der Waals surface area contributed by atoms with Crippen LogP contribution in [0.3, 0.4) is 0 Å². The molecule has 2 aliphatic carbocycles. The highest BCUT2D eigenvalue weighted by atomic mass is 32.2. The van der Waals surface area contributed by atoms with Crippen LogP contribution in [0.4, 0.5) is 0 Å². The van der Waals surface area contributed by atoms with Crippen molar-refractivity contribution in [1.82, 2.24) is 9.97 Å². The summed E-state index contributed by atoms with van der Waals surface area (Å²) in [5.41, 5.74) is 28.5. The summed E-state index contributed by atoms with van der Waals surface area (Å²) in [4.78, 5) is 16.2. The number of aromatic nitrogens is 2. The van der Waals surface area contributed by atoms with Crippen LogP contribution in [0.2, 0.25) is 0 Å². The summed E-state index contributed by atoms with van der Waals surface area (Å²) in [6, 6.07) is 158. The van der Waals surface area contributed by atoms with E-state index >= 15 is 0 Å². The van der Waals surface area contributed by atoms with E-state index in [1.165, 1.54) is 211 Å². The maximum atomic E-state index is 5.55. The Balaban J connectivity index is 0.000000132. The summed E-state index contributed by atoms with van der Waals surface area (Å²) in [6.45, 7) is 0. The highest BCUT2D eigenvalue weighted by Gasteiger charge is 2.52. The molecule has 23 aromatic rings. The van der Waals surface area contributed by atoms with Crippen LogP contribution >= 0.6 is 23.5 Å². The van der Waals surface area contributed by atoms with E-state index in [0.29, 0.717) is 0 Å². The van der Waals surface area contributed by atoms with Crippen LogP contribution in [0.25, 0.3) is 186 Å². The second-order valence-corrected chi connectivity index (χ2v) is 35.1. The molecule has 2 nitrogen and oxygen atoms in total. The van der Waals surface area contributed by atoms with Crippen LogP contribution in [-0.2, 0) is 10.8 Å². The molecule has 0 bridgehead atoms. The van der Waals surface area contributed by atoms with Crippen molar-refractivity contribution in [2.45, 2.75) is 30.4 Å². The number of pyridine rings is 2. The van der Waals surface area contributed by atoms with Crippen LogP contribution in [0.1, 0.15) is 44.5 Å². The molecule has 2 spiro atoms. The van der Waals surface area contributed by atoms with E-state index < -0.39 is 10.8 Å². The minimum absolute atomic E-state index is 0.436. The number of fused-ring (bicyclic) bond motifs is 38. The molecule has 0 saturated heterocycles. The van der Waals surface area contributed by atoms with Gasteiger partial charge in [0.1, 0.15) is 0 Å². The van der Waals surface area contributed by atoms with Gasteiger partial charge in [-0.25, -0.2) is 9.97 Å². The first kappa shape index (κ1) is 69.2. The molecule has 2 aromatic heterocycles. The first-order valence-electron chi connectivity index (χ1n) is 42.2. The lowest BCUT2D eigenvalue weighted by atomic mass is 9.67. The topological polar surface area (TPSA) is 25.8 Å². The Morgan fingerprint density at radius 1 is 0.164 bits per heavy atom. The van der Waals surface area contributed by atoms with Crippen molar-refractivity contribution in [3.05, 3.63) is 469 Å². The fraction of sp³-hybridized carbons (Fsp3) is 0.0169. The molecule has 0 amide bonds. The number of para-hydroxylation sites is 1. The van der Waals surface area contributed by atoms with E-state index in [1.807, 2.05) is 23.5 Å². The average molecular weight is 1580 g/mol. The Bertz CT molecular complexity index is 8310. The fourth-order valence-electron chi connectivity index (χ4n) is 21.8. The molecule has 0 atom stereocenters. The number of hydrogen-bond acceptors (Lipinski definition) is 4. The maximum Gasteiger partial charge on any atom is 0.0788 e. The molecule has 2 aliphatic heterocycles. The predicted octanol–water partition coefficient (Wildman–Crippen LogP) is 31.7. The van der Waals surface area contributed by atoms with E-state index in [0.717, 1.165) is 39.1 Å². The van der Waals surface area contributed by atoms with E-state index in [2.05, 4.69) is 425 Å². The van der Waals surface area contributed by atoms with E-state index in [9.17, 15) is 0 Å². The summed E-state index contributed by atoms with van der Waals surface area (Å²) < 4.78 is 0. The second-order valence-electron chi connectivity index (χ2n) is 33.0. The third-order valence-electron chi connectivity index (χ3n) is 27.0. The van der Waals surface area contributed by atoms with Gasteiger partial charge in [-0.3, -0.25) is 0 Å². The van der Waals surface area contributed by atoms with Gasteiger partial charge in [-0.2, -0.15) is 0 Å². The van der Waals surface area contributed by atoms with E-state index in [4.69, 9.17) is 9.97 Å². The number of rotatable bonds is 5. The molecule has 0 saturated carbocycles. The third kappa shape index (κ3) is 9.93. The lowest BCUT2D eigenvalue weighted by Crippen LogP contribution is -2.32. The molecule has 0 radical (unpaired) electrons. The standard InChI is InChI=1S/C62H37NS.C56H33NS/c1-2-14-40(15-3-1)60-51-34-35-56-61(64-58-25-13-12-24-55(58)62(56)53-22-10-8-20-48(53)49-21-9-11-23-54(49)62)59(51)50-33-31-42(37-57(50)63-60)39-28-26-38(27-29-39)41-30-32-47-45-18-5-4-16-43(45)44-17-6-7-19-46(44)52(47)36-41;1-2-18-39-37(16-1)38-17-3-4-19-40(38)46-33-35(28-29-41(39)46)34-14-13-15-36(32-34)54-45-30-31-50-55(53(45)44-22-7-11-26-51(44)57-54)58-52-27-12-10-25-49(52)56(50)47-23-8-5-20-42(47)43-21-6-9-24-48(43)56/h1-37H;1-33H. The van der Waals surface area contributed by atoms with E-state index in [-0.39, 0.29) is 0 Å². The fourth-order valence-corrected chi connectivity index (χ4v) is 24.5. The highest BCUT2D eigenvalue weighted by molar-refractivity contribution is 8.00. The Morgan fingerprint density at radius 2 is 0.459 bits per heavy atom. The molecule has 0 unspecified atom stereocenters. The van der Waals surface area contributed by atoms with Gasteiger partial charge in [-0.05, 0) is 207 Å². The molecule has 21 aromatic carbocycles. The monoisotopic (exact) mass is 1580 g/mol. The minimum atomic E-state index is -0.450. The summed E-state index contributed by atoms with van der Waals surface area (Å²) in [5.74, 6) is 0. The van der Waals surface area contributed by atoms with Gasteiger partial charge in [0.15, 0.2) is 0 Å². The lowest BCUT2D eigenvalue weighted by molar-refractivity contribution is 0.726. The van der Waals surface area contributed by atoms with Gasteiger partial charge in [0.2, 0.25) is 0 Å². The van der Waals surface area contributed by atoms with Crippen molar-refractivity contribution in [2.75, 3.05) is 0 Å². The third-order valence-corrected chi connectivity index (χ3v) is 29.4. The Morgan fingerprint density at radius 3 is 0.918 bits per heavy atom. The largest absolute Gasteiger partial charge is 0.247 e. The first-order valence-corrected chi connectivity index (χ1v) is 43.8. The number of nitrogens with zero attached hydrogens (tertiary/aromatic N) is 2. The van der Waals surface area contributed by atoms with Gasteiger partial charge in [-0.15, -0.1) is 0 Å². The maximum absolute atomic E-state index is 5.55. The summed E-state index contributed by atoms with van der Waals surface area (Å²) in [6.07, 6.45) is 0. The minimum Gasteiger partial charge on any atom is -0.247 e. The molecule has 4 heteroatoms. The van der Waals surface area contributed by atoms with Gasteiger partial charge in [0.05, 0.1) is 33.3 Å².